The van der Waals surface area contributed by atoms with Crippen LogP contribution in [0, 0.1) is 17.7 Å². The molecule has 1 aromatic rings. The third kappa shape index (κ3) is 3.03. The number of ketones is 1. The van der Waals surface area contributed by atoms with Crippen LogP contribution < -0.4 is 0 Å². The number of halogens is 1. The summed E-state index contributed by atoms with van der Waals surface area (Å²) in [5.74, 6) is 4.36. The van der Waals surface area contributed by atoms with E-state index in [-0.39, 0.29) is 17.8 Å². The maximum absolute atomic E-state index is 13.1. The van der Waals surface area contributed by atoms with Crippen LogP contribution in [0.3, 0.4) is 0 Å². The molecule has 0 aromatic heterocycles. The molecule has 0 aliphatic carbocycles. The van der Waals surface area contributed by atoms with Crippen molar-refractivity contribution in [2.45, 2.75) is 13.3 Å². The molecule has 0 amide bonds. The van der Waals surface area contributed by atoms with Crippen molar-refractivity contribution in [1.29, 1.82) is 0 Å². The highest BCUT2D eigenvalue weighted by Crippen LogP contribution is 2.10. The number of benzene rings is 1. The van der Waals surface area contributed by atoms with Gasteiger partial charge >= 0.3 is 0 Å². The molecule has 0 atom stereocenters. The fraction of sp³-hybridized carbons (Fsp3) is 0.167. The van der Waals surface area contributed by atoms with Crippen molar-refractivity contribution < 1.29 is 14.0 Å². The summed E-state index contributed by atoms with van der Waals surface area (Å²) in [5, 5.41) is 0. The van der Waals surface area contributed by atoms with Crippen molar-refractivity contribution in [3.05, 3.63) is 35.1 Å². The minimum atomic E-state index is -0.552. The van der Waals surface area contributed by atoms with Gasteiger partial charge < -0.3 is 4.79 Å². The van der Waals surface area contributed by atoms with Crippen LogP contribution in [0.15, 0.2) is 18.2 Å². The first-order valence-corrected chi connectivity index (χ1v) is 4.38. The van der Waals surface area contributed by atoms with Crippen molar-refractivity contribution in [3.63, 3.8) is 0 Å². The van der Waals surface area contributed by atoms with E-state index in [2.05, 4.69) is 11.8 Å². The highest BCUT2D eigenvalue weighted by atomic mass is 19.1. The highest BCUT2D eigenvalue weighted by molar-refractivity contribution is 5.94. The average Bonchev–Trinajstić information content (AvgIpc) is 2.20. The number of carbonyl (C=O) groups is 2. The molecule has 0 unspecified atom stereocenters. The van der Waals surface area contributed by atoms with Gasteiger partial charge in [0.15, 0.2) is 5.78 Å². The first-order chi connectivity index (χ1) is 7.15. The smallest absolute Gasteiger partial charge is 0.162 e. The molecule has 76 valence electrons. The summed E-state index contributed by atoms with van der Waals surface area (Å²) in [5.41, 5.74) is 0.552. The van der Waals surface area contributed by atoms with E-state index >= 15 is 0 Å². The van der Waals surface area contributed by atoms with Gasteiger partial charge in [0.05, 0.1) is 12.0 Å². The summed E-state index contributed by atoms with van der Waals surface area (Å²) in [7, 11) is 0. The summed E-state index contributed by atoms with van der Waals surface area (Å²) in [6.07, 6.45) is 0.815. The van der Waals surface area contributed by atoms with Gasteiger partial charge in [-0.2, -0.15) is 0 Å². The summed E-state index contributed by atoms with van der Waals surface area (Å²) in [4.78, 5) is 21.0. The number of carbonyl (C=O) groups excluding carboxylic acids is 2. The third-order valence-electron chi connectivity index (χ3n) is 1.76. The number of rotatable bonds is 2. The van der Waals surface area contributed by atoms with E-state index < -0.39 is 5.82 Å². The predicted molar refractivity (Wildman–Crippen MR) is 54.0 cm³/mol. The van der Waals surface area contributed by atoms with Gasteiger partial charge in [-0.3, -0.25) is 4.79 Å². The van der Waals surface area contributed by atoms with Gasteiger partial charge in [0.25, 0.3) is 0 Å². The van der Waals surface area contributed by atoms with Gasteiger partial charge in [-0.05, 0) is 25.1 Å². The fourth-order valence-corrected chi connectivity index (χ4v) is 1.07. The molecule has 0 radical (unpaired) electrons. The zero-order valence-electron chi connectivity index (χ0n) is 8.21. The second-order valence-corrected chi connectivity index (χ2v) is 2.92. The summed E-state index contributed by atoms with van der Waals surface area (Å²) in [6, 6.07) is 4.05. The molecule has 0 saturated heterocycles. The van der Waals surface area contributed by atoms with Gasteiger partial charge in [0, 0.05) is 5.56 Å². The maximum atomic E-state index is 13.1. The average molecular weight is 204 g/mol. The molecule has 0 saturated carbocycles. The first kappa shape index (κ1) is 11.1. The Morgan fingerprint density at radius 1 is 1.53 bits per heavy atom. The molecule has 2 nitrogen and oxygen atoms in total. The van der Waals surface area contributed by atoms with Gasteiger partial charge in [-0.1, -0.05) is 11.8 Å². The lowest BCUT2D eigenvalue weighted by molar-refractivity contribution is -0.107. The van der Waals surface area contributed by atoms with Gasteiger partial charge in [-0.25, -0.2) is 4.39 Å². The van der Waals surface area contributed by atoms with E-state index in [1.54, 1.807) is 0 Å². The Balaban J connectivity index is 3.04. The lowest BCUT2D eigenvalue weighted by Crippen LogP contribution is -1.97. The molecule has 0 fully saturated rings. The monoisotopic (exact) mass is 204 g/mol. The maximum Gasteiger partial charge on any atom is 0.162 e. The molecule has 0 spiro atoms. The van der Waals surface area contributed by atoms with Crippen molar-refractivity contribution in [3.8, 4) is 11.8 Å². The second-order valence-electron chi connectivity index (χ2n) is 2.92. The Bertz CT molecular complexity index is 452. The van der Waals surface area contributed by atoms with Crippen molar-refractivity contribution >= 4 is 12.1 Å². The van der Waals surface area contributed by atoms with E-state index in [1.807, 2.05) is 0 Å². The van der Waals surface area contributed by atoms with Crippen molar-refractivity contribution in [2.24, 2.45) is 0 Å². The number of Topliss-reactive ketones (excluding diaryl/α,β-unsaturated/α-hetero) is 1. The summed E-state index contributed by atoms with van der Waals surface area (Å²) in [6.45, 7) is 1.29. The van der Waals surface area contributed by atoms with Crippen LogP contribution in [0.1, 0.15) is 29.3 Å². The normalized spacial score (nSPS) is 8.93. The SMILES string of the molecule is CC(=O)c1cc(C#CCC=O)ccc1F. The third-order valence-corrected chi connectivity index (χ3v) is 1.76. The quantitative estimate of drug-likeness (QED) is 0.419. The van der Waals surface area contributed by atoms with Crippen LogP contribution >= 0.6 is 0 Å². The van der Waals surface area contributed by atoms with E-state index in [4.69, 9.17) is 0 Å². The Kier molecular flexibility index (Phi) is 3.75. The molecular weight excluding hydrogens is 195 g/mol. The Morgan fingerprint density at radius 2 is 2.27 bits per heavy atom. The van der Waals surface area contributed by atoms with Crippen LogP contribution in [-0.2, 0) is 4.79 Å². The lowest BCUT2D eigenvalue weighted by Gasteiger charge is -1.98. The summed E-state index contributed by atoms with van der Waals surface area (Å²) < 4.78 is 13.1. The molecule has 0 aliphatic heterocycles. The Labute approximate surface area is 87.1 Å². The Morgan fingerprint density at radius 3 is 2.87 bits per heavy atom. The van der Waals surface area contributed by atoms with Crippen LogP contribution in [0.4, 0.5) is 4.39 Å². The number of hydrogen-bond acceptors (Lipinski definition) is 2. The van der Waals surface area contributed by atoms with Crippen LogP contribution in [0.5, 0.6) is 0 Å². The van der Waals surface area contributed by atoms with E-state index in [0.29, 0.717) is 11.8 Å². The van der Waals surface area contributed by atoms with Crippen LogP contribution in [0.25, 0.3) is 0 Å². The molecule has 0 N–H and O–H groups in total. The summed E-state index contributed by atoms with van der Waals surface area (Å²) >= 11 is 0. The van der Waals surface area contributed by atoms with Crippen molar-refractivity contribution in [1.82, 2.24) is 0 Å². The molecule has 1 aromatic carbocycles. The molecular formula is C12H9FO2. The Hall–Kier alpha value is -1.95. The van der Waals surface area contributed by atoms with Crippen molar-refractivity contribution in [2.75, 3.05) is 0 Å². The number of aldehydes is 1. The molecule has 0 bridgehead atoms. The highest BCUT2D eigenvalue weighted by Gasteiger charge is 2.06. The predicted octanol–water partition coefficient (Wildman–Crippen LogP) is 1.97. The number of hydrogen-bond donors (Lipinski definition) is 0. The lowest BCUT2D eigenvalue weighted by atomic mass is 10.1. The largest absolute Gasteiger partial charge is 0.302 e. The van der Waals surface area contributed by atoms with Gasteiger partial charge in [0.1, 0.15) is 12.1 Å². The van der Waals surface area contributed by atoms with E-state index in [0.717, 1.165) is 0 Å². The molecule has 15 heavy (non-hydrogen) atoms. The molecule has 0 heterocycles. The van der Waals surface area contributed by atoms with Gasteiger partial charge in [-0.15, -0.1) is 0 Å². The van der Waals surface area contributed by atoms with Gasteiger partial charge in [0.2, 0.25) is 0 Å². The second kappa shape index (κ2) is 5.06. The van der Waals surface area contributed by atoms with Crippen LogP contribution in [-0.4, -0.2) is 12.1 Å². The minimum absolute atomic E-state index is 0.0212. The zero-order valence-corrected chi connectivity index (χ0v) is 8.21. The molecule has 0 aliphatic rings. The minimum Gasteiger partial charge on any atom is -0.302 e. The fourth-order valence-electron chi connectivity index (χ4n) is 1.07. The van der Waals surface area contributed by atoms with E-state index in [9.17, 15) is 14.0 Å². The van der Waals surface area contributed by atoms with Crippen LogP contribution in [0.2, 0.25) is 0 Å². The topological polar surface area (TPSA) is 34.1 Å². The molecule has 3 heteroatoms. The first-order valence-electron chi connectivity index (χ1n) is 4.38. The standard InChI is InChI=1S/C12H9FO2/c1-9(15)11-8-10(4-2-3-7-14)5-6-12(11)13/h5-8H,3H2,1H3. The molecule has 1 rings (SSSR count). The van der Waals surface area contributed by atoms with E-state index in [1.165, 1.54) is 25.1 Å². The zero-order chi connectivity index (χ0) is 11.3.